The summed E-state index contributed by atoms with van der Waals surface area (Å²) in [6, 6.07) is 4.34. The maximum Gasteiger partial charge on any atom is 0.283 e. The van der Waals surface area contributed by atoms with Crippen molar-refractivity contribution in [1.82, 2.24) is 0 Å². The van der Waals surface area contributed by atoms with Gasteiger partial charge in [0.1, 0.15) is 18.0 Å². The first-order valence-corrected chi connectivity index (χ1v) is 4.83. The second-order valence-corrected chi connectivity index (χ2v) is 4.04. The van der Waals surface area contributed by atoms with Crippen LogP contribution in [0.15, 0.2) is 23.2 Å². The third kappa shape index (κ3) is 1.77. The van der Waals surface area contributed by atoms with Gasteiger partial charge in [-0.2, -0.15) is 0 Å². The number of nitrogens with two attached hydrogens (primary N) is 1. The lowest BCUT2D eigenvalue weighted by molar-refractivity contribution is 0.266. The fourth-order valence-electron chi connectivity index (χ4n) is 1.59. The Balaban J connectivity index is 2.46. The molecule has 5 heteroatoms. The van der Waals surface area contributed by atoms with Crippen LogP contribution in [0, 0.1) is 5.82 Å². The Morgan fingerprint density at radius 2 is 2.33 bits per heavy atom. The van der Waals surface area contributed by atoms with Crippen molar-refractivity contribution in [3.63, 3.8) is 0 Å². The molecule has 1 aromatic rings. The van der Waals surface area contributed by atoms with E-state index in [9.17, 15) is 4.39 Å². The molecule has 0 spiro atoms. The monoisotopic (exact) mass is 228 g/mol. The summed E-state index contributed by atoms with van der Waals surface area (Å²) in [5, 5.41) is 0.333. The molecule has 1 heterocycles. The van der Waals surface area contributed by atoms with Gasteiger partial charge in [0.15, 0.2) is 0 Å². The summed E-state index contributed by atoms with van der Waals surface area (Å²) in [4.78, 5) is 4.15. The summed E-state index contributed by atoms with van der Waals surface area (Å²) in [5.74, 6) is -0.372. The lowest BCUT2D eigenvalue weighted by atomic mass is 9.94. The van der Waals surface area contributed by atoms with Crippen molar-refractivity contribution in [2.75, 3.05) is 6.61 Å². The van der Waals surface area contributed by atoms with Crippen molar-refractivity contribution in [1.29, 1.82) is 0 Å². The van der Waals surface area contributed by atoms with Gasteiger partial charge in [-0.25, -0.2) is 9.38 Å². The number of hydrogen-bond acceptors (Lipinski definition) is 3. The molecule has 0 bridgehead atoms. The number of amidine groups is 1. The molecule has 0 saturated carbocycles. The highest BCUT2D eigenvalue weighted by molar-refractivity contribution is 6.31. The fraction of sp³-hybridized carbons (Fsp3) is 0.300. The molecule has 0 aromatic heterocycles. The molecule has 2 rings (SSSR count). The SMILES string of the molecule is C[C@]1(c2ccc(F)cc2Cl)COC(N)=N1. The Bertz CT molecular complexity index is 435. The zero-order valence-corrected chi connectivity index (χ0v) is 8.88. The molecule has 0 aliphatic carbocycles. The molecule has 15 heavy (non-hydrogen) atoms. The van der Waals surface area contributed by atoms with E-state index < -0.39 is 5.54 Å². The number of halogens is 2. The van der Waals surface area contributed by atoms with E-state index in [1.807, 2.05) is 6.92 Å². The molecule has 0 unspecified atom stereocenters. The molecule has 2 N–H and O–H groups in total. The van der Waals surface area contributed by atoms with E-state index in [0.29, 0.717) is 17.2 Å². The summed E-state index contributed by atoms with van der Waals surface area (Å²) < 4.78 is 17.9. The average molecular weight is 229 g/mol. The quantitative estimate of drug-likeness (QED) is 0.800. The molecule has 3 nitrogen and oxygen atoms in total. The third-order valence-corrected chi connectivity index (χ3v) is 2.68. The standard InChI is InChI=1S/C10H10ClFN2O/c1-10(5-15-9(13)14-10)7-3-2-6(12)4-8(7)11/h2-4H,5H2,1H3,(H2,13,14)/t10-/m1/s1. The topological polar surface area (TPSA) is 47.6 Å². The zero-order chi connectivity index (χ0) is 11.1. The number of ether oxygens (including phenoxy) is 1. The molecule has 1 aliphatic heterocycles. The predicted octanol–water partition coefficient (Wildman–Crippen LogP) is 2.04. The first-order valence-electron chi connectivity index (χ1n) is 4.45. The Morgan fingerprint density at radius 1 is 1.60 bits per heavy atom. The maximum atomic E-state index is 12.9. The Morgan fingerprint density at radius 3 is 2.87 bits per heavy atom. The van der Waals surface area contributed by atoms with Gasteiger partial charge in [-0.1, -0.05) is 17.7 Å². The van der Waals surface area contributed by atoms with Crippen LogP contribution in [0.2, 0.25) is 5.02 Å². The van der Waals surface area contributed by atoms with Crippen molar-refractivity contribution >= 4 is 17.6 Å². The molecule has 1 aromatic carbocycles. The molecule has 1 aliphatic rings. The number of rotatable bonds is 1. The fourth-order valence-corrected chi connectivity index (χ4v) is 1.96. The summed E-state index contributed by atoms with van der Waals surface area (Å²) in [7, 11) is 0. The molecule has 1 atom stereocenters. The van der Waals surface area contributed by atoms with Crippen LogP contribution in [0.5, 0.6) is 0 Å². The molecule has 0 amide bonds. The van der Waals surface area contributed by atoms with Gasteiger partial charge in [-0.15, -0.1) is 0 Å². The molecule has 80 valence electrons. The van der Waals surface area contributed by atoms with Gasteiger partial charge in [0, 0.05) is 10.6 Å². The summed E-state index contributed by atoms with van der Waals surface area (Å²) >= 11 is 5.94. The Kier molecular flexibility index (Phi) is 2.31. The van der Waals surface area contributed by atoms with Crippen molar-refractivity contribution in [3.05, 3.63) is 34.6 Å². The van der Waals surface area contributed by atoms with Gasteiger partial charge in [0.2, 0.25) is 0 Å². The van der Waals surface area contributed by atoms with E-state index in [2.05, 4.69) is 4.99 Å². The number of nitrogens with zero attached hydrogens (tertiary/aromatic N) is 1. The molecule has 0 saturated heterocycles. The summed E-state index contributed by atoms with van der Waals surface area (Å²) in [5.41, 5.74) is 5.54. The Hall–Kier alpha value is -1.29. The summed E-state index contributed by atoms with van der Waals surface area (Å²) in [6.45, 7) is 2.16. The van der Waals surface area contributed by atoms with Crippen molar-refractivity contribution in [3.8, 4) is 0 Å². The number of aliphatic imine (C=N–C) groups is 1. The third-order valence-electron chi connectivity index (χ3n) is 2.37. The van der Waals surface area contributed by atoms with Crippen LogP contribution in [0.3, 0.4) is 0 Å². The second-order valence-electron chi connectivity index (χ2n) is 3.64. The normalized spacial score (nSPS) is 24.9. The second kappa shape index (κ2) is 3.38. The lowest BCUT2D eigenvalue weighted by Crippen LogP contribution is -2.21. The maximum absolute atomic E-state index is 12.9. The van der Waals surface area contributed by atoms with Gasteiger partial charge in [0.25, 0.3) is 6.02 Å². The van der Waals surface area contributed by atoms with Gasteiger partial charge in [-0.3, -0.25) is 0 Å². The molecule has 0 fully saturated rings. The van der Waals surface area contributed by atoms with Crippen LogP contribution in [0.25, 0.3) is 0 Å². The Labute approximate surface area is 91.7 Å². The van der Waals surface area contributed by atoms with Crippen molar-refractivity contribution in [2.24, 2.45) is 10.7 Å². The predicted molar refractivity (Wildman–Crippen MR) is 56.3 cm³/mol. The van der Waals surface area contributed by atoms with E-state index in [0.717, 1.165) is 0 Å². The van der Waals surface area contributed by atoms with Crippen LogP contribution in [0.4, 0.5) is 4.39 Å². The summed E-state index contributed by atoms with van der Waals surface area (Å²) in [6.07, 6.45) is 0. The van der Waals surface area contributed by atoms with E-state index in [1.165, 1.54) is 12.1 Å². The van der Waals surface area contributed by atoms with E-state index >= 15 is 0 Å². The highest BCUT2D eigenvalue weighted by atomic mass is 35.5. The van der Waals surface area contributed by atoms with Crippen molar-refractivity contribution < 1.29 is 9.13 Å². The largest absolute Gasteiger partial charge is 0.462 e. The van der Waals surface area contributed by atoms with Crippen LogP contribution >= 0.6 is 11.6 Å². The van der Waals surface area contributed by atoms with Gasteiger partial charge in [0.05, 0.1) is 0 Å². The number of benzene rings is 1. The van der Waals surface area contributed by atoms with Crippen LogP contribution < -0.4 is 5.73 Å². The molecular weight excluding hydrogens is 219 g/mol. The lowest BCUT2D eigenvalue weighted by Gasteiger charge is -2.19. The minimum absolute atomic E-state index is 0.137. The van der Waals surface area contributed by atoms with E-state index in [-0.39, 0.29) is 11.8 Å². The van der Waals surface area contributed by atoms with Gasteiger partial charge < -0.3 is 10.5 Å². The van der Waals surface area contributed by atoms with Crippen molar-refractivity contribution in [2.45, 2.75) is 12.5 Å². The van der Waals surface area contributed by atoms with Gasteiger partial charge in [-0.05, 0) is 19.1 Å². The first-order chi connectivity index (χ1) is 7.01. The first kappa shape index (κ1) is 10.2. The van der Waals surface area contributed by atoms with Crippen LogP contribution in [0.1, 0.15) is 12.5 Å². The molecule has 0 radical (unpaired) electrons. The van der Waals surface area contributed by atoms with E-state index in [4.69, 9.17) is 22.1 Å². The smallest absolute Gasteiger partial charge is 0.283 e. The zero-order valence-electron chi connectivity index (χ0n) is 8.13. The van der Waals surface area contributed by atoms with Gasteiger partial charge >= 0.3 is 0 Å². The minimum Gasteiger partial charge on any atom is -0.462 e. The van der Waals surface area contributed by atoms with Crippen LogP contribution in [-0.4, -0.2) is 12.6 Å². The van der Waals surface area contributed by atoms with Crippen LogP contribution in [-0.2, 0) is 10.3 Å². The minimum atomic E-state index is -0.616. The highest BCUT2D eigenvalue weighted by Gasteiger charge is 2.34. The average Bonchev–Trinajstić information content (AvgIpc) is 2.46. The van der Waals surface area contributed by atoms with E-state index in [1.54, 1.807) is 6.07 Å². The number of hydrogen-bond donors (Lipinski definition) is 1. The highest BCUT2D eigenvalue weighted by Crippen LogP contribution is 2.34. The molecular formula is C10H10ClFN2O.